The number of hydrogen-bond acceptors (Lipinski definition) is 1. The van der Waals surface area contributed by atoms with E-state index in [9.17, 15) is 0 Å². The monoisotopic (exact) mass is 166 g/mol. The van der Waals surface area contributed by atoms with Crippen molar-refractivity contribution in [2.45, 2.75) is 38.5 Å². The van der Waals surface area contributed by atoms with Crippen LogP contribution in [-0.2, 0) is 0 Å². The van der Waals surface area contributed by atoms with Gasteiger partial charge in [-0.3, -0.25) is 0 Å². The van der Waals surface area contributed by atoms with Crippen molar-refractivity contribution >= 4 is 0 Å². The first-order chi connectivity index (χ1) is 5.79. The molecular weight excluding hydrogens is 146 g/mol. The predicted octanol–water partition coefficient (Wildman–Crippen LogP) is 2.48. The molecule has 69 valence electrons. The fraction of sp³-hybridized carbons (Fsp3) is 0.909. The summed E-state index contributed by atoms with van der Waals surface area (Å²) < 4.78 is 0. The second-order valence-corrected chi connectivity index (χ2v) is 4.69. The van der Waals surface area contributed by atoms with Gasteiger partial charge in [-0.25, -0.2) is 0 Å². The van der Waals surface area contributed by atoms with Gasteiger partial charge in [0.15, 0.2) is 0 Å². The van der Waals surface area contributed by atoms with Crippen LogP contribution in [0.15, 0.2) is 0 Å². The summed E-state index contributed by atoms with van der Waals surface area (Å²) in [5, 5.41) is 0. The maximum Gasteiger partial charge on any atom is 0.00380 e. The van der Waals surface area contributed by atoms with Gasteiger partial charge in [-0.1, -0.05) is 12.8 Å². The van der Waals surface area contributed by atoms with Crippen LogP contribution in [-0.4, -0.2) is 24.5 Å². The second kappa shape index (κ2) is 3.37. The highest BCUT2D eigenvalue weighted by Gasteiger charge is 2.31. The number of rotatable bonds is 2. The standard InChI is InChI=1S/C11H20N/c1-11(6-2-3-7-11)10-12-8-4-5-9-12/h1-10H2. The first-order valence-corrected chi connectivity index (χ1v) is 5.36. The number of hydrogen-bond donors (Lipinski definition) is 0. The van der Waals surface area contributed by atoms with Gasteiger partial charge in [0.1, 0.15) is 0 Å². The molecular formula is C11H20N. The highest BCUT2D eigenvalue weighted by Crippen LogP contribution is 2.38. The van der Waals surface area contributed by atoms with Crippen LogP contribution in [0, 0.1) is 12.3 Å². The molecule has 0 amide bonds. The van der Waals surface area contributed by atoms with Gasteiger partial charge >= 0.3 is 0 Å². The Morgan fingerprint density at radius 3 is 2.17 bits per heavy atom. The lowest BCUT2D eigenvalue weighted by atomic mass is 9.88. The lowest BCUT2D eigenvalue weighted by Gasteiger charge is -2.29. The zero-order valence-corrected chi connectivity index (χ0v) is 8.02. The Morgan fingerprint density at radius 2 is 1.58 bits per heavy atom. The molecule has 0 aromatic rings. The van der Waals surface area contributed by atoms with Gasteiger partial charge < -0.3 is 4.90 Å². The maximum atomic E-state index is 4.39. The summed E-state index contributed by atoms with van der Waals surface area (Å²) in [4.78, 5) is 2.61. The van der Waals surface area contributed by atoms with Crippen LogP contribution in [0.4, 0.5) is 0 Å². The van der Waals surface area contributed by atoms with E-state index in [2.05, 4.69) is 11.8 Å². The van der Waals surface area contributed by atoms with Crippen LogP contribution >= 0.6 is 0 Å². The van der Waals surface area contributed by atoms with Crippen molar-refractivity contribution in [1.29, 1.82) is 0 Å². The van der Waals surface area contributed by atoms with Crippen LogP contribution < -0.4 is 0 Å². The Labute approximate surface area is 76.1 Å². The van der Waals surface area contributed by atoms with E-state index in [0.717, 1.165) is 0 Å². The molecule has 1 saturated heterocycles. The average molecular weight is 166 g/mol. The van der Waals surface area contributed by atoms with Crippen LogP contribution in [0.1, 0.15) is 38.5 Å². The summed E-state index contributed by atoms with van der Waals surface area (Å²) in [5.74, 6) is 0. The molecule has 2 fully saturated rings. The van der Waals surface area contributed by atoms with Gasteiger partial charge in [0.25, 0.3) is 0 Å². The Bertz CT molecular complexity index is 141. The molecule has 1 nitrogen and oxygen atoms in total. The van der Waals surface area contributed by atoms with Crippen molar-refractivity contribution in [1.82, 2.24) is 4.90 Å². The summed E-state index contributed by atoms with van der Waals surface area (Å²) in [6, 6.07) is 0. The molecule has 1 heterocycles. The summed E-state index contributed by atoms with van der Waals surface area (Å²) in [6.07, 6.45) is 8.38. The molecule has 1 saturated carbocycles. The highest BCUT2D eigenvalue weighted by atomic mass is 15.1. The minimum absolute atomic E-state index is 0.435. The van der Waals surface area contributed by atoms with Crippen molar-refractivity contribution in [3.8, 4) is 0 Å². The zero-order valence-electron chi connectivity index (χ0n) is 8.02. The third-order valence-electron chi connectivity index (χ3n) is 3.42. The van der Waals surface area contributed by atoms with E-state index in [4.69, 9.17) is 0 Å². The summed E-state index contributed by atoms with van der Waals surface area (Å²) in [5.41, 5.74) is 0.435. The van der Waals surface area contributed by atoms with Crippen LogP contribution in [0.5, 0.6) is 0 Å². The predicted molar refractivity (Wildman–Crippen MR) is 51.9 cm³/mol. The lowest BCUT2D eigenvalue weighted by molar-refractivity contribution is 0.221. The normalized spacial score (nSPS) is 29.8. The van der Waals surface area contributed by atoms with E-state index >= 15 is 0 Å². The quantitative estimate of drug-likeness (QED) is 0.609. The topological polar surface area (TPSA) is 3.24 Å². The Hall–Kier alpha value is -0.0400. The van der Waals surface area contributed by atoms with Gasteiger partial charge in [-0.05, 0) is 51.1 Å². The van der Waals surface area contributed by atoms with Gasteiger partial charge in [0, 0.05) is 6.54 Å². The third kappa shape index (κ3) is 1.82. The van der Waals surface area contributed by atoms with Crippen molar-refractivity contribution in [2.24, 2.45) is 5.41 Å². The Balaban J connectivity index is 1.83. The van der Waals surface area contributed by atoms with Crippen LogP contribution in [0.3, 0.4) is 0 Å². The number of nitrogens with zero attached hydrogens (tertiary/aromatic N) is 1. The molecule has 0 unspecified atom stereocenters. The highest BCUT2D eigenvalue weighted by molar-refractivity contribution is 4.90. The Morgan fingerprint density at radius 1 is 1.00 bits per heavy atom. The first-order valence-electron chi connectivity index (χ1n) is 5.36. The molecule has 0 N–H and O–H groups in total. The summed E-state index contributed by atoms with van der Waals surface area (Å²) in [6.45, 7) is 8.32. The molecule has 0 bridgehead atoms. The minimum atomic E-state index is 0.435. The molecule has 1 aliphatic carbocycles. The number of likely N-dealkylation sites (tertiary alicyclic amines) is 1. The molecule has 1 radical (unpaired) electrons. The lowest BCUT2D eigenvalue weighted by Crippen LogP contribution is -2.32. The zero-order chi connectivity index (χ0) is 8.44. The van der Waals surface area contributed by atoms with E-state index in [1.165, 1.54) is 58.2 Å². The van der Waals surface area contributed by atoms with Crippen molar-refractivity contribution in [3.05, 3.63) is 6.92 Å². The first kappa shape index (κ1) is 8.55. The van der Waals surface area contributed by atoms with Gasteiger partial charge in [-0.2, -0.15) is 0 Å². The minimum Gasteiger partial charge on any atom is -0.303 e. The fourth-order valence-electron chi connectivity index (χ4n) is 2.70. The largest absolute Gasteiger partial charge is 0.303 e. The van der Waals surface area contributed by atoms with Gasteiger partial charge in [0.05, 0.1) is 0 Å². The SMILES string of the molecule is [CH2]C1(CN2CCCC2)CCCC1. The summed E-state index contributed by atoms with van der Waals surface area (Å²) >= 11 is 0. The molecule has 1 heteroatoms. The average Bonchev–Trinajstić information content (AvgIpc) is 2.62. The summed E-state index contributed by atoms with van der Waals surface area (Å²) in [7, 11) is 0. The molecule has 0 spiro atoms. The third-order valence-corrected chi connectivity index (χ3v) is 3.42. The van der Waals surface area contributed by atoms with E-state index in [1.54, 1.807) is 0 Å². The van der Waals surface area contributed by atoms with Crippen molar-refractivity contribution in [2.75, 3.05) is 19.6 Å². The van der Waals surface area contributed by atoms with Crippen molar-refractivity contribution < 1.29 is 0 Å². The van der Waals surface area contributed by atoms with Gasteiger partial charge in [-0.15, -0.1) is 0 Å². The molecule has 1 aliphatic heterocycles. The van der Waals surface area contributed by atoms with E-state index < -0.39 is 0 Å². The molecule has 12 heavy (non-hydrogen) atoms. The van der Waals surface area contributed by atoms with Crippen LogP contribution in [0.2, 0.25) is 0 Å². The Kier molecular flexibility index (Phi) is 2.40. The fourth-order valence-corrected chi connectivity index (χ4v) is 2.70. The second-order valence-electron chi connectivity index (χ2n) is 4.69. The van der Waals surface area contributed by atoms with Crippen molar-refractivity contribution in [3.63, 3.8) is 0 Å². The molecule has 0 atom stereocenters. The smallest absolute Gasteiger partial charge is 0.00380 e. The molecule has 2 aliphatic rings. The van der Waals surface area contributed by atoms with E-state index in [1.807, 2.05) is 0 Å². The molecule has 2 rings (SSSR count). The molecule has 0 aromatic heterocycles. The van der Waals surface area contributed by atoms with E-state index in [0.29, 0.717) is 5.41 Å². The van der Waals surface area contributed by atoms with Gasteiger partial charge in [0.2, 0.25) is 0 Å². The van der Waals surface area contributed by atoms with Crippen LogP contribution in [0.25, 0.3) is 0 Å². The van der Waals surface area contributed by atoms with E-state index in [-0.39, 0.29) is 0 Å². The molecule has 0 aromatic carbocycles. The maximum absolute atomic E-state index is 4.39.